The van der Waals surface area contributed by atoms with Gasteiger partial charge in [0.15, 0.2) is 0 Å². The van der Waals surface area contributed by atoms with Crippen LogP contribution in [0.1, 0.15) is 22.3 Å². The molecule has 0 bridgehead atoms. The molecule has 0 aliphatic carbocycles. The highest BCUT2D eigenvalue weighted by atomic mass is 14.4. The first-order valence-electron chi connectivity index (χ1n) is 2.07. The number of hydrogen-bond donors (Lipinski definition) is 3. The fourth-order valence-electron chi connectivity index (χ4n) is 0. The van der Waals surface area contributed by atoms with Gasteiger partial charge in [-0.05, 0) is 14.1 Å². The molecule has 3 nitrogen and oxygen atoms in total. The maximum absolute atomic E-state index is 4.72. The molecule has 76 valence electrons. The molecule has 0 heterocycles. The zero-order valence-electron chi connectivity index (χ0n) is 6.59. The SMILES string of the molecule is C.C.C.CN.CN.N.[B].[B][B]C. The van der Waals surface area contributed by atoms with Crippen molar-refractivity contribution in [3.05, 3.63) is 0 Å². The van der Waals surface area contributed by atoms with Crippen LogP contribution < -0.4 is 17.6 Å². The van der Waals surface area contributed by atoms with Crippen molar-refractivity contribution in [3.8, 4) is 0 Å². The highest BCUT2D eigenvalue weighted by Crippen LogP contribution is 1.23. The van der Waals surface area contributed by atoms with Crippen LogP contribution in [-0.2, 0) is 0 Å². The van der Waals surface area contributed by atoms with Gasteiger partial charge in [0.1, 0.15) is 0 Å². The number of hydrogen-bond acceptors (Lipinski definition) is 3. The minimum atomic E-state index is 0. The molecular weight excluding hydrogens is 147 g/mol. The Morgan fingerprint density at radius 2 is 0.917 bits per heavy atom. The van der Waals surface area contributed by atoms with E-state index in [1.165, 1.54) is 21.3 Å². The van der Waals surface area contributed by atoms with Gasteiger partial charge in [0.2, 0.25) is 0 Å². The van der Waals surface area contributed by atoms with Gasteiger partial charge in [0.25, 0.3) is 0 Å². The van der Waals surface area contributed by atoms with Gasteiger partial charge in [-0.2, -0.15) is 0 Å². The van der Waals surface area contributed by atoms with E-state index in [0.29, 0.717) is 0 Å². The van der Waals surface area contributed by atoms with E-state index in [9.17, 15) is 0 Å². The lowest BCUT2D eigenvalue weighted by Gasteiger charge is -1.41. The Hall–Kier alpha value is 0.0748. The van der Waals surface area contributed by atoms with Crippen molar-refractivity contribution in [2.24, 2.45) is 11.5 Å². The summed E-state index contributed by atoms with van der Waals surface area (Å²) in [6.45, 7) is 1.78. The van der Waals surface area contributed by atoms with Crippen LogP contribution in [0.25, 0.3) is 0 Å². The van der Waals surface area contributed by atoms with Crippen molar-refractivity contribution >= 4 is 23.3 Å². The van der Waals surface area contributed by atoms with Crippen LogP contribution in [0.15, 0.2) is 0 Å². The molecule has 0 aromatic rings. The summed E-state index contributed by atoms with van der Waals surface area (Å²) in [5, 5.41) is 0. The largest absolute Gasteiger partial charge is 0.344 e. The number of rotatable bonds is 0. The average molecular weight is 175 g/mol. The third-order valence-electron chi connectivity index (χ3n) is 0. The van der Waals surface area contributed by atoms with E-state index in [0.717, 1.165) is 0 Å². The van der Waals surface area contributed by atoms with Crippen LogP contribution in [-0.4, -0.2) is 37.4 Å². The summed E-state index contributed by atoms with van der Waals surface area (Å²) in [4.78, 5) is 0. The van der Waals surface area contributed by atoms with Crippen LogP contribution in [0.2, 0.25) is 6.82 Å². The van der Waals surface area contributed by atoms with Crippen LogP contribution in [0.4, 0.5) is 0 Å². The molecule has 0 saturated carbocycles. The van der Waals surface area contributed by atoms with Crippen LogP contribution in [0.5, 0.6) is 0 Å². The van der Waals surface area contributed by atoms with Gasteiger partial charge < -0.3 is 17.6 Å². The predicted octanol–water partition coefficient (Wildman–Crippen LogP) is 0.662. The van der Waals surface area contributed by atoms with Crippen molar-refractivity contribution < 1.29 is 0 Å². The fraction of sp³-hybridized carbons (Fsp3) is 1.00. The molecule has 0 unspecified atom stereocenters. The molecule has 0 saturated heterocycles. The van der Waals surface area contributed by atoms with E-state index in [-0.39, 0.29) is 36.8 Å². The van der Waals surface area contributed by atoms with Gasteiger partial charge >= 0.3 is 0 Å². The molecular formula is C6H28B3N3. The first-order valence-corrected chi connectivity index (χ1v) is 2.07. The Balaban J connectivity index is -0.00000000281. The molecule has 0 rings (SSSR count). The Morgan fingerprint density at radius 3 is 0.917 bits per heavy atom. The summed E-state index contributed by atoms with van der Waals surface area (Å²) in [5.41, 5.74) is 9.00. The van der Waals surface area contributed by atoms with Gasteiger partial charge in [-0.1, -0.05) is 22.3 Å². The normalized spacial score (nSPS) is 2.08. The first kappa shape index (κ1) is 89.2. The minimum absolute atomic E-state index is 0. The van der Waals surface area contributed by atoms with Crippen molar-refractivity contribution in [3.63, 3.8) is 0 Å². The summed E-state index contributed by atoms with van der Waals surface area (Å²) in [6, 6.07) is 0. The zero-order chi connectivity index (χ0) is 6.71. The van der Waals surface area contributed by atoms with Gasteiger partial charge in [0.05, 0.1) is 7.17 Å². The second-order valence-corrected chi connectivity index (χ2v) is 0.333. The average Bonchev–Trinajstić information content (AvgIpc) is 1.78. The molecule has 0 atom stereocenters. The zero-order valence-corrected chi connectivity index (χ0v) is 6.59. The van der Waals surface area contributed by atoms with Gasteiger partial charge in [-0.3, -0.25) is 0 Å². The molecule has 7 N–H and O–H groups in total. The van der Waals surface area contributed by atoms with Crippen molar-refractivity contribution in [2.75, 3.05) is 14.1 Å². The van der Waals surface area contributed by atoms with E-state index in [1.807, 2.05) is 0 Å². The molecule has 0 amide bonds. The van der Waals surface area contributed by atoms with Crippen molar-refractivity contribution in [1.82, 2.24) is 6.15 Å². The molecule has 0 aliphatic heterocycles. The minimum Gasteiger partial charge on any atom is -0.344 e. The number of nitrogens with two attached hydrogens (primary N) is 2. The first-order chi connectivity index (χ1) is 3.41. The third-order valence-corrected chi connectivity index (χ3v) is 0. The standard InChI is InChI=1S/CH3B2.2CH5N.3CH4.B.H3N/c1-3-2;2*1-2;;;;;/h1H3;2*2H2,1H3;3*1H4;;1H3. The molecule has 12 heavy (non-hydrogen) atoms. The highest BCUT2D eigenvalue weighted by molar-refractivity contribution is 6.88. The summed E-state index contributed by atoms with van der Waals surface area (Å²) < 4.78 is 0. The second kappa shape index (κ2) is 973. The topological polar surface area (TPSA) is 87.0 Å². The van der Waals surface area contributed by atoms with Crippen LogP contribution in [0.3, 0.4) is 0 Å². The molecule has 0 fully saturated rings. The molecule has 6 heteroatoms. The van der Waals surface area contributed by atoms with E-state index < -0.39 is 0 Å². The summed E-state index contributed by atoms with van der Waals surface area (Å²) in [6.07, 6.45) is 0. The Kier molecular flexibility index (Phi) is 7230. The van der Waals surface area contributed by atoms with Crippen molar-refractivity contribution in [1.29, 1.82) is 0 Å². The highest BCUT2D eigenvalue weighted by Gasteiger charge is 1.42. The van der Waals surface area contributed by atoms with Gasteiger partial charge in [-0.15, -0.1) is 6.82 Å². The lowest BCUT2D eigenvalue weighted by Crippen LogP contribution is -1.69. The third kappa shape index (κ3) is 148000. The monoisotopic (exact) mass is 175 g/mol. The van der Waals surface area contributed by atoms with E-state index in [2.05, 4.69) is 11.5 Å². The second-order valence-electron chi connectivity index (χ2n) is 0.333. The van der Waals surface area contributed by atoms with Crippen LogP contribution in [0, 0.1) is 0 Å². The van der Waals surface area contributed by atoms with Crippen LogP contribution >= 0.6 is 0 Å². The van der Waals surface area contributed by atoms with E-state index in [1.54, 1.807) is 6.82 Å². The Morgan fingerprint density at radius 1 is 0.917 bits per heavy atom. The fourth-order valence-corrected chi connectivity index (χ4v) is 0. The summed E-state index contributed by atoms with van der Waals surface area (Å²) in [5.74, 6) is 0. The molecule has 0 spiro atoms. The Labute approximate surface area is 84.9 Å². The maximum Gasteiger partial charge on any atom is 0.0502 e. The van der Waals surface area contributed by atoms with Gasteiger partial charge in [-0.25, -0.2) is 0 Å². The molecule has 6 radical (unpaired) electrons. The quantitative estimate of drug-likeness (QED) is 0.472. The van der Waals surface area contributed by atoms with E-state index in [4.69, 9.17) is 7.74 Å². The smallest absolute Gasteiger partial charge is 0.0502 e. The van der Waals surface area contributed by atoms with Crippen molar-refractivity contribution in [2.45, 2.75) is 29.1 Å². The molecule has 0 aromatic heterocycles. The van der Waals surface area contributed by atoms with Gasteiger partial charge in [0, 0.05) is 16.2 Å². The summed E-state index contributed by atoms with van der Waals surface area (Å²) >= 11 is 0. The maximum atomic E-state index is 4.72. The molecule has 0 aliphatic rings. The lowest BCUT2D eigenvalue weighted by atomic mass is 9.59. The predicted molar refractivity (Wildman–Crippen MR) is 68.6 cm³/mol. The van der Waals surface area contributed by atoms with E-state index >= 15 is 0 Å². The summed E-state index contributed by atoms with van der Waals surface area (Å²) in [7, 11) is 9.22. The Bertz CT molecular complexity index is 18.0. The lowest BCUT2D eigenvalue weighted by molar-refractivity contribution is 1.48. The molecule has 0 aromatic carbocycles.